The molecule has 2 N–H and O–H groups in total. The molecule has 0 aliphatic rings. The van der Waals surface area contributed by atoms with Gasteiger partial charge in [-0.25, -0.2) is 4.98 Å². The Morgan fingerprint density at radius 1 is 1.35 bits per heavy atom. The first-order valence-electron chi connectivity index (χ1n) is 7.12. The number of carbonyl (C=O) groups is 2. The lowest BCUT2D eigenvalue weighted by Crippen LogP contribution is -2.26. The molecule has 0 saturated heterocycles. The molecule has 1 aromatic carbocycles. The van der Waals surface area contributed by atoms with Gasteiger partial charge in [0.25, 0.3) is 0 Å². The highest BCUT2D eigenvalue weighted by Gasteiger charge is 2.08. The van der Waals surface area contributed by atoms with E-state index in [0.717, 1.165) is 16.8 Å². The second-order valence-corrected chi connectivity index (χ2v) is 5.71. The maximum Gasteiger partial charge on any atom is 0.305 e. The zero-order chi connectivity index (χ0) is 16.7. The van der Waals surface area contributed by atoms with Crippen molar-refractivity contribution < 1.29 is 19.1 Å². The standard InChI is InChI=1S/C15H19N3O4S/c1-21-10-5-6-11-12(8-10)18-15(17-11)23-9-13(19)16-7-3-4-14(20)22-2/h5-6,8H,3-4,7,9H2,1-2H3,(H,16,19)(H,17,18). The molecule has 2 rings (SSSR count). The quantitative estimate of drug-likeness (QED) is 0.433. The second-order valence-electron chi connectivity index (χ2n) is 4.74. The highest BCUT2D eigenvalue weighted by Crippen LogP contribution is 2.22. The Bertz CT molecular complexity index is 686. The van der Waals surface area contributed by atoms with Gasteiger partial charge in [0.1, 0.15) is 5.75 Å². The number of ether oxygens (including phenoxy) is 2. The second kappa shape index (κ2) is 8.42. The van der Waals surface area contributed by atoms with Gasteiger partial charge in [-0.3, -0.25) is 9.59 Å². The maximum absolute atomic E-state index is 11.7. The predicted molar refractivity (Wildman–Crippen MR) is 87.6 cm³/mol. The number of carbonyl (C=O) groups excluding carboxylic acids is 2. The van der Waals surface area contributed by atoms with E-state index in [4.69, 9.17) is 4.74 Å². The highest BCUT2D eigenvalue weighted by molar-refractivity contribution is 7.99. The number of hydrogen-bond donors (Lipinski definition) is 2. The summed E-state index contributed by atoms with van der Waals surface area (Å²) in [6.45, 7) is 0.450. The van der Waals surface area contributed by atoms with Gasteiger partial charge in [-0.15, -0.1) is 0 Å². The Labute approximate surface area is 138 Å². The monoisotopic (exact) mass is 337 g/mol. The van der Waals surface area contributed by atoms with Crippen molar-refractivity contribution in [2.45, 2.75) is 18.0 Å². The largest absolute Gasteiger partial charge is 0.497 e. The van der Waals surface area contributed by atoms with Crippen molar-refractivity contribution in [1.29, 1.82) is 0 Å². The van der Waals surface area contributed by atoms with Crippen molar-refractivity contribution in [2.24, 2.45) is 0 Å². The number of esters is 1. The molecule has 7 nitrogen and oxygen atoms in total. The van der Waals surface area contributed by atoms with Crippen molar-refractivity contribution in [1.82, 2.24) is 15.3 Å². The number of H-pyrrole nitrogens is 1. The Kier molecular flexibility index (Phi) is 6.28. The number of fused-ring (bicyclic) bond motifs is 1. The van der Waals surface area contributed by atoms with E-state index < -0.39 is 0 Å². The van der Waals surface area contributed by atoms with Crippen LogP contribution in [0.4, 0.5) is 0 Å². The van der Waals surface area contributed by atoms with Crippen LogP contribution in [0.25, 0.3) is 11.0 Å². The molecule has 23 heavy (non-hydrogen) atoms. The number of nitrogens with one attached hydrogen (secondary N) is 2. The Morgan fingerprint density at radius 3 is 2.91 bits per heavy atom. The van der Waals surface area contributed by atoms with Gasteiger partial charge in [0.15, 0.2) is 5.16 Å². The van der Waals surface area contributed by atoms with Gasteiger partial charge in [-0.05, 0) is 18.6 Å². The maximum atomic E-state index is 11.7. The summed E-state index contributed by atoms with van der Waals surface area (Å²) in [5.41, 5.74) is 1.69. The molecule has 2 aromatic rings. The molecule has 0 aliphatic carbocycles. The van der Waals surface area contributed by atoms with Gasteiger partial charge in [-0.2, -0.15) is 0 Å². The fourth-order valence-corrected chi connectivity index (χ4v) is 2.62. The van der Waals surface area contributed by atoms with Crippen LogP contribution in [0.5, 0.6) is 5.75 Å². The number of aromatic amines is 1. The molecule has 124 valence electrons. The fourth-order valence-electron chi connectivity index (χ4n) is 1.91. The van der Waals surface area contributed by atoms with Crippen LogP contribution in [0.2, 0.25) is 0 Å². The van der Waals surface area contributed by atoms with Crippen LogP contribution in [-0.4, -0.2) is 48.4 Å². The third-order valence-electron chi connectivity index (χ3n) is 3.11. The van der Waals surface area contributed by atoms with E-state index in [1.807, 2.05) is 18.2 Å². The summed E-state index contributed by atoms with van der Waals surface area (Å²) in [4.78, 5) is 30.2. The molecule has 0 fully saturated rings. The summed E-state index contributed by atoms with van der Waals surface area (Å²) in [5.74, 6) is 0.639. The van der Waals surface area contributed by atoms with E-state index in [-0.39, 0.29) is 17.6 Å². The summed E-state index contributed by atoms with van der Waals surface area (Å²) in [5, 5.41) is 3.43. The molecular weight excluding hydrogens is 318 g/mol. The minimum Gasteiger partial charge on any atom is -0.497 e. The molecule has 0 unspecified atom stereocenters. The van der Waals surface area contributed by atoms with E-state index in [0.29, 0.717) is 24.5 Å². The lowest BCUT2D eigenvalue weighted by molar-refractivity contribution is -0.140. The first-order chi connectivity index (χ1) is 11.1. The average Bonchev–Trinajstić information content (AvgIpc) is 2.98. The first kappa shape index (κ1) is 17.1. The lowest BCUT2D eigenvalue weighted by atomic mass is 10.3. The van der Waals surface area contributed by atoms with Gasteiger partial charge in [0, 0.05) is 19.0 Å². The van der Waals surface area contributed by atoms with Crippen LogP contribution in [-0.2, 0) is 14.3 Å². The number of imidazole rings is 1. The van der Waals surface area contributed by atoms with Gasteiger partial charge < -0.3 is 19.8 Å². The van der Waals surface area contributed by atoms with Gasteiger partial charge in [0.2, 0.25) is 5.91 Å². The summed E-state index contributed by atoms with van der Waals surface area (Å²) in [6, 6.07) is 5.56. The van der Waals surface area contributed by atoms with Gasteiger partial charge >= 0.3 is 5.97 Å². The molecule has 1 amide bonds. The fraction of sp³-hybridized carbons (Fsp3) is 0.400. The van der Waals surface area contributed by atoms with Crippen LogP contribution < -0.4 is 10.1 Å². The third kappa shape index (κ3) is 5.17. The smallest absolute Gasteiger partial charge is 0.305 e. The molecule has 1 aromatic heterocycles. The van der Waals surface area contributed by atoms with Crippen LogP contribution >= 0.6 is 11.8 Å². The SMILES string of the molecule is COC(=O)CCCNC(=O)CSc1nc2ccc(OC)cc2[nH]1. The molecule has 8 heteroatoms. The van der Waals surface area contributed by atoms with E-state index in [9.17, 15) is 9.59 Å². The number of amides is 1. The van der Waals surface area contributed by atoms with Crippen LogP contribution in [0.3, 0.4) is 0 Å². The lowest BCUT2D eigenvalue weighted by Gasteiger charge is -2.03. The minimum atomic E-state index is -0.272. The van der Waals surface area contributed by atoms with Crippen LogP contribution in [0.15, 0.2) is 23.4 Å². The molecule has 0 aliphatic heterocycles. The van der Waals surface area contributed by atoms with Crippen molar-refractivity contribution >= 4 is 34.7 Å². The molecule has 0 spiro atoms. The van der Waals surface area contributed by atoms with Crippen molar-refractivity contribution in [2.75, 3.05) is 26.5 Å². The molecule has 0 saturated carbocycles. The number of methoxy groups -OCH3 is 2. The number of aromatic nitrogens is 2. The van der Waals surface area contributed by atoms with E-state index >= 15 is 0 Å². The normalized spacial score (nSPS) is 10.5. The van der Waals surface area contributed by atoms with Crippen LogP contribution in [0, 0.1) is 0 Å². The number of nitrogens with zero attached hydrogens (tertiary/aromatic N) is 1. The Morgan fingerprint density at radius 2 is 2.17 bits per heavy atom. The zero-order valence-electron chi connectivity index (χ0n) is 13.0. The number of rotatable bonds is 8. The Hall–Kier alpha value is -2.22. The number of thioether (sulfide) groups is 1. The topological polar surface area (TPSA) is 93.3 Å². The van der Waals surface area contributed by atoms with Crippen molar-refractivity contribution in [3.8, 4) is 5.75 Å². The summed E-state index contributed by atoms with van der Waals surface area (Å²) >= 11 is 1.33. The Balaban J connectivity index is 1.77. The highest BCUT2D eigenvalue weighted by atomic mass is 32.2. The summed E-state index contributed by atoms with van der Waals surface area (Å²) in [7, 11) is 2.96. The zero-order valence-corrected chi connectivity index (χ0v) is 13.9. The predicted octanol–water partition coefficient (Wildman–Crippen LogP) is 1.73. The number of hydrogen-bond acceptors (Lipinski definition) is 6. The average molecular weight is 337 g/mol. The van der Waals surface area contributed by atoms with E-state index in [1.165, 1.54) is 18.9 Å². The number of benzene rings is 1. The van der Waals surface area contributed by atoms with Crippen molar-refractivity contribution in [3.05, 3.63) is 18.2 Å². The van der Waals surface area contributed by atoms with E-state index in [2.05, 4.69) is 20.0 Å². The third-order valence-corrected chi connectivity index (χ3v) is 3.99. The first-order valence-corrected chi connectivity index (χ1v) is 8.11. The molecule has 0 bridgehead atoms. The molecule has 0 atom stereocenters. The van der Waals surface area contributed by atoms with E-state index in [1.54, 1.807) is 7.11 Å². The van der Waals surface area contributed by atoms with Gasteiger partial charge in [-0.1, -0.05) is 11.8 Å². The minimum absolute atomic E-state index is 0.0992. The molecule has 1 heterocycles. The summed E-state index contributed by atoms with van der Waals surface area (Å²) < 4.78 is 9.69. The molecule has 0 radical (unpaired) electrons. The molecular formula is C15H19N3O4S. The summed E-state index contributed by atoms with van der Waals surface area (Å²) in [6.07, 6.45) is 0.864. The van der Waals surface area contributed by atoms with Crippen LogP contribution in [0.1, 0.15) is 12.8 Å². The van der Waals surface area contributed by atoms with Crippen molar-refractivity contribution in [3.63, 3.8) is 0 Å². The van der Waals surface area contributed by atoms with Gasteiger partial charge in [0.05, 0.1) is 31.0 Å².